The van der Waals surface area contributed by atoms with Crippen molar-refractivity contribution in [2.75, 3.05) is 6.61 Å². The van der Waals surface area contributed by atoms with E-state index >= 15 is 0 Å². The normalized spacial score (nSPS) is 11.5. The molecule has 2 aromatic carbocycles. The van der Waals surface area contributed by atoms with Crippen molar-refractivity contribution in [2.24, 2.45) is 5.92 Å². The molecule has 0 radical (unpaired) electrons. The smallest absolute Gasteiger partial charge is 0.125 e. The van der Waals surface area contributed by atoms with E-state index in [9.17, 15) is 0 Å². The second kappa shape index (κ2) is 10.8. The Kier molecular flexibility index (Phi) is 8.12. The second-order valence-corrected chi connectivity index (χ2v) is 9.36. The summed E-state index contributed by atoms with van der Waals surface area (Å²) in [6.45, 7) is 9.38. The summed E-state index contributed by atoms with van der Waals surface area (Å²) in [5.74, 6) is 1.58. The van der Waals surface area contributed by atoms with Gasteiger partial charge < -0.3 is 4.74 Å². The highest BCUT2D eigenvalue weighted by Gasteiger charge is 2.13. The Bertz CT molecular complexity index is 1010. The molecule has 4 heteroatoms. The molecular formula is C26H30ClNOS. The van der Waals surface area contributed by atoms with Crippen molar-refractivity contribution in [1.82, 2.24) is 4.98 Å². The molecule has 0 amide bonds. The van der Waals surface area contributed by atoms with E-state index in [0.717, 1.165) is 46.3 Å². The van der Waals surface area contributed by atoms with Crippen LogP contribution in [0.5, 0.6) is 5.75 Å². The molecule has 158 valence electrons. The van der Waals surface area contributed by atoms with Gasteiger partial charge in [0, 0.05) is 16.9 Å². The number of ether oxygens (including phenoxy) is 1. The zero-order chi connectivity index (χ0) is 21.5. The number of nitrogens with zero attached hydrogens (tertiary/aromatic N) is 1. The number of thiazole rings is 1. The number of hydrogen-bond acceptors (Lipinski definition) is 3. The van der Waals surface area contributed by atoms with E-state index in [-0.39, 0.29) is 0 Å². The Morgan fingerprint density at radius 3 is 2.70 bits per heavy atom. The van der Waals surface area contributed by atoms with Gasteiger partial charge in [0.05, 0.1) is 17.3 Å². The van der Waals surface area contributed by atoms with Gasteiger partial charge in [-0.15, -0.1) is 11.3 Å². The highest BCUT2D eigenvalue weighted by molar-refractivity contribution is 7.15. The Morgan fingerprint density at radius 2 is 1.97 bits per heavy atom. The molecule has 3 aromatic rings. The minimum absolute atomic E-state index is 0.608. The van der Waals surface area contributed by atoms with Crippen LogP contribution < -0.4 is 4.74 Å². The number of allylic oxidation sites excluding steroid dienone is 1. The van der Waals surface area contributed by atoms with Crippen molar-refractivity contribution in [3.8, 4) is 16.3 Å². The molecule has 0 bridgehead atoms. The zero-order valence-corrected chi connectivity index (χ0v) is 19.8. The van der Waals surface area contributed by atoms with E-state index in [0.29, 0.717) is 12.5 Å². The maximum absolute atomic E-state index is 6.37. The standard InChI is InChI=1S/C26H30ClNOS/c1-5-25-24(28-26(30-25)22-11-6-7-12-23(22)27)15-16-29-21-14-13-19(4)20(17-21)10-8-9-18(2)3/h6-8,10-14,17-18H,5,9,15-16H2,1-4H3/b10-8-. The highest BCUT2D eigenvalue weighted by atomic mass is 35.5. The summed E-state index contributed by atoms with van der Waals surface area (Å²) >= 11 is 8.09. The molecule has 0 N–H and O–H groups in total. The van der Waals surface area contributed by atoms with Crippen molar-refractivity contribution >= 4 is 29.0 Å². The molecule has 2 nitrogen and oxygen atoms in total. The predicted octanol–water partition coefficient (Wildman–Crippen LogP) is 8.02. The number of benzene rings is 2. The van der Waals surface area contributed by atoms with Gasteiger partial charge in [-0.2, -0.15) is 0 Å². The molecule has 0 atom stereocenters. The third-order valence-corrected chi connectivity index (χ3v) is 6.57. The first-order chi connectivity index (χ1) is 14.5. The fraction of sp³-hybridized carbons (Fsp3) is 0.346. The lowest BCUT2D eigenvalue weighted by molar-refractivity contribution is 0.320. The van der Waals surface area contributed by atoms with Crippen LogP contribution in [0.4, 0.5) is 0 Å². The van der Waals surface area contributed by atoms with Crippen molar-refractivity contribution in [3.63, 3.8) is 0 Å². The molecule has 0 unspecified atom stereocenters. The van der Waals surface area contributed by atoms with Gasteiger partial charge in [-0.1, -0.05) is 68.8 Å². The van der Waals surface area contributed by atoms with Gasteiger partial charge in [0.1, 0.15) is 10.8 Å². The van der Waals surface area contributed by atoms with Gasteiger partial charge in [-0.25, -0.2) is 4.98 Å². The van der Waals surface area contributed by atoms with Crippen LogP contribution in [-0.2, 0) is 12.8 Å². The average molecular weight is 440 g/mol. The van der Waals surface area contributed by atoms with Gasteiger partial charge in [0.15, 0.2) is 0 Å². The maximum Gasteiger partial charge on any atom is 0.125 e. The summed E-state index contributed by atoms with van der Waals surface area (Å²) in [7, 11) is 0. The van der Waals surface area contributed by atoms with Crippen molar-refractivity contribution < 1.29 is 4.74 Å². The monoisotopic (exact) mass is 439 g/mol. The minimum atomic E-state index is 0.608. The first kappa shape index (κ1) is 22.6. The van der Waals surface area contributed by atoms with Gasteiger partial charge in [-0.05, 0) is 55.0 Å². The molecule has 0 fully saturated rings. The average Bonchev–Trinajstić information content (AvgIpc) is 3.13. The summed E-state index contributed by atoms with van der Waals surface area (Å²) in [5.41, 5.74) is 4.60. The van der Waals surface area contributed by atoms with E-state index in [1.54, 1.807) is 11.3 Å². The molecule has 0 saturated carbocycles. The summed E-state index contributed by atoms with van der Waals surface area (Å²) in [6.07, 6.45) is 7.29. The highest BCUT2D eigenvalue weighted by Crippen LogP contribution is 2.33. The van der Waals surface area contributed by atoms with E-state index in [1.807, 2.05) is 30.3 Å². The lowest BCUT2D eigenvalue weighted by Crippen LogP contribution is -2.03. The zero-order valence-electron chi connectivity index (χ0n) is 18.2. The summed E-state index contributed by atoms with van der Waals surface area (Å²) in [6, 6.07) is 14.2. The van der Waals surface area contributed by atoms with Crippen LogP contribution in [0.1, 0.15) is 48.9 Å². The molecule has 30 heavy (non-hydrogen) atoms. The minimum Gasteiger partial charge on any atom is -0.493 e. The van der Waals surface area contributed by atoms with Gasteiger partial charge in [-0.3, -0.25) is 0 Å². The summed E-state index contributed by atoms with van der Waals surface area (Å²) in [4.78, 5) is 6.18. The maximum atomic E-state index is 6.37. The summed E-state index contributed by atoms with van der Waals surface area (Å²) < 4.78 is 6.08. The number of aromatic nitrogens is 1. The fourth-order valence-electron chi connectivity index (χ4n) is 3.23. The van der Waals surface area contributed by atoms with Gasteiger partial charge in [0.2, 0.25) is 0 Å². The summed E-state index contributed by atoms with van der Waals surface area (Å²) in [5, 5.41) is 1.73. The van der Waals surface area contributed by atoms with Crippen LogP contribution in [0.2, 0.25) is 5.02 Å². The lowest BCUT2D eigenvalue weighted by atomic mass is 10.1. The lowest BCUT2D eigenvalue weighted by Gasteiger charge is -2.09. The SMILES string of the molecule is CCc1sc(-c2ccccc2Cl)nc1CCOc1ccc(C)c(/C=C\CC(C)C)c1. The first-order valence-corrected chi connectivity index (χ1v) is 11.8. The second-order valence-electron chi connectivity index (χ2n) is 7.87. The Labute approximate surface area is 189 Å². The number of halogens is 1. The van der Waals surface area contributed by atoms with Crippen LogP contribution in [0.25, 0.3) is 16.6 Å². The fourth-order valence-corrected chi connectivity index (χ4v) is 4.59. The number of rotatable bonds is 9. The first-order valence-electron chi connectivity index (χ1n) is 10.6. The molecule has 0 saturated heterocycles. The van der Waals surface area contributed by atoms with Crippen LogP contribution >= 0.6 is 22.9 Å². The van der Waals surface area contributed by atoms with Crippen molar-refractivity contribution in [2.45, 2.75) is 47.0 Å². The molecule has 1 heterocycles. The third-order valence-electron chi connectivity index (χ3n) is 4.97. The Morgan fingerprint density at radius 1 is 1.17 bits per heavy atom. The van der Waals surface area contributed by atoms with E-state index in [1.165, 1.54) is 16.0 Å². The molecular weight excluding hydrogens is 410 g/mol. The molecule has 0 aliphatic heterocycles. The Hall–Kier alpha value is -2.10. The molecule has 0 spiro atoms. The van der Waals surface area contributed by atoms with Gasteiger partial charge in [0.25, 0.3) is 0 Å². The molecule has 0 aliphatic carbocycles. The number of hydrogen-bond donors (Lipinski definition) is 0. The van der Waals surface area contributed by atoms with Crippen molar-refractivity contribution in [3.05, 3.63) is 75.3 Å². The Balaban J connectivity index is 1.67. The molecule has 1 aromatic heterocycles. The topological polar surface area (TPSA) is 22.1 Å². The quantitative estimate of drug-likeness (QED) is 0.336. The number of aryl methyl sites for hydroxylation is 2. The van der Waals surface area contributed by atoms with Crippen LogP contribution in [-0.4, -0.2) is 11.6 Å². The third kappa shape index (κ3) is 5.96. The van der Waals surface area contributed by atoms with Crippen LogP contribution in [0, 0.1) is 12.8 Å². The largest absolute Gasteiger partial charge is 0.493 e. The van der Waals surface area contributed by atoms with E-state index in [4.69, 9.17) is 21.3 Å². The molecule has 3 rings (SSSR count). The van der Waals surface area contributed by atoms with Gasteiger partial charge >= 0.3 is 0 Å². The predicted molar refractivity (Wildman–Crippen MR) is 131 cm³/mol. The van der Waals surface area contributed by atoms with Crippen molar-refractivity contribution in [1.29, 1.82) is 0 Å². The van der Waals surface area contributed by atoms with Crippen LogP contribution in [0.15, 0.2) is 48.5 Å². The van der Waals surface area contributed by atoms with E-state index in [2.05, 4.69) is 52.0 Å². The molecule has 0 aliphatic rings. The van der Waals surface area contributed by atoms with E-state index < -0.39 is 0 Å². The van der Waals surface area contributed by atoms with Crippen LogP contribution in [0.3, 0.4) is 0 Å².